The first-order chi connectivity index (χ1) is 9.72. The van der Waals surface area contributed by atoms with Crippen LogP contribution in [-0.4, -0.2) is 6.09 Å². The monoisotopic (exact) mass is 287 g/mol. The van der Waals surface area contributed by atoms with E-state index < -0.39 is 6.09 Å². The van der Waals surface area contributed by atoms with Crippen LogP contribution >= 0.6 is 11.6 Å². The molecule has 0 fully saturated rings. The van der Waals surface area contributed by atoms with E-state index in [0.29, 0.717) is 16.5 Å². The molecule has 1 N–H and O–H groups in total. The van der Waals surface area contributed by atoms with Crippen LogP contribution in [-0.2, 0) is 12.8 Å². The molecule has 3 rings (SSSR count). The van der Waals surface area contributed by atoms with Crippen molar-refractivity contribution in [2.45, 2.75) is 19.3 Å². The predicted molar refractivity (Wildman–Crippen MR) is 79.6 cm³/mol. The van der Waals surface area contributed by atoms with Crippen molar-refractivity contribution in [3.05, 3.63) is 58.6 Å². The van der Waals surface area contributed by atoms with Gasteiger partial charge < -0.3 is 4.74 Å². The number of hydrogen-bond acceptors (Lipinski definition) is 2. The van der Waals surface area contributed by atoms with Gasteiger partial charge in [0.1, 0.15) is 5.75 Å². The smallest absolute Gasteiger partial charge is 0.410 e. The molecule has 0 aliphatic heterocycles. The average molecular weight is 288 g/mol. The lowest BCUT2D eigenvalue weighted by atomic mass is 10.1. The third-order valence-electron chi connectivity index (χ3n) is 3.38. The maximum Gasteiger partial charge on any atom is 0.417 e. The average Bonchev–Trinajstić information content (AvgIpc) is 2.88. The quantitative estimate of drug-likeness (QED) is 0.887. The molecule has 2 aromatic rings. The molecule has 1 amide bonds. The molecule has 4 heteroatoms. The molecule has 0 atom stereocenters. The van der Waals surface area contributed by atoms with E-state index in [1.807, 2.05) is 12.1 Å². The van der Waals surface area contributed by atoms with E-state index >= 15 is 0 Å². The first kappa shape index (κ1) is 13.0. The number of rotatable bonds is 2. The van der Waals surface area contributed by atoms with Gasteiger partial charge in [-0.3, -0.25) is 5.32 Å². The molecule has 2 aromatic carbocycles. The van der Waals surface area contributed by atoms with E-state index in [0.717, 1.165) is 24.8 Å². The predicted octanol–water partition coefficient (Wildman–Crippen LogP) is 4.44. The van der Waals surface area contributed by atoms with Crippen LogP contribution in [0.1, 0.15) is 17.5 Å². The van der Waals surface area contributed by atoms with Gasteiger partial charge in [-0.2, -0.15) is 0 Å². The third kappa shape index (κ3) is 2.78. The van der Waals surface area contributed by atoms with Gasteiger partial charge in [0.05, 0.1) is 0 Å². The Bertz CT molecular complexity index is 655. The van der Waals surface area contributed by atoms with Crippen LogP contribution in [0.15, 0.2) is 42.5 Å². The van der Waals surface area contributed by atoms with Crippen LogP contribution in [0.2, 0.25) is 5.02 Å². The third-order valence-corrected chi connectivity index (χ3v) is 3.61. The van der Waals surface area contributed by atoms with E-state index in [2.05, 4.69) is 11.4 Å². The molecule has 0 spiro atoms. The molecule has 1 aliphatic rings. The van der Waals surface area contributed by atoms with Crippen molar-refractivity contribution >= 4 is 23.4 Å². The van der Waals surface area contributed by atoms with Crippen LogP contribution in [0.5, 0.6) is 5.75 Å². The molecule has 20 heavy (non-hydrogen) atoms. The van der Waals surface area contributed by atoms with Gasteiger partial charge in [-0.1, -0.05) is 29.8 Å². The van der Waals surface area contributed by atoms with Crippen LogP contribution in [0.25, 0.3) is 0 Å². The normalized spacial score (nSPS) is 12.8. The standard InChI is InChI=1S/C16H14ClNO2/c17-12-6-3-7-13(10-12)18-16(19)20-15-9-2-5-11-4-1-8-14(11)15/h2-3,5-7,9-10H,1,4,8H2,(H,18,19). The van der Waals surface area contributed by atoms with Gasteiger partial charge in [-0.15, -0.1) is 0 Å². The van der Waals surface area contributed by atoms with Gasteiger partial charge in [0.2, 0.25) is 0 Å². The van der Waals surface area contributed by atoms with Crippen molar-refractivity contribution in [1.82, 2.24) is 0 Å². The van der Waals surface area contributed by atoms with Gasteiger partial charge in [0.15, 0.2) is 0 Å². The fourth-order valence-corrected chi connectivity index (χ4v) is 2.68. The Labute approximate surface area is 122 Å². The molecular formula is C16H14ClNO2. The molecule has 102 valence electrons. The summed E-state index contributed by atoms with van der Waals surface area (Å²) in [4.78, 5) is 11.9. The second kappa shape index (κ2) is 5.55. The highest BCUT2D eigenvalue weighted by Gasteiger charge is 2.17. The molecule has 0 saturated heterocycles. The number of carbonyl (C=O) groups excluding carboxylic acids is 1. The minimum Gasteiger partial charge on any atom is -0.410 e. The zero-order chi connectivity index (χ0) is 13.9. The van der Waals surface area contributed by atoms with Crippen LogP contribution in [0.4, 0.5) is 10.5 Å². The highest BCUT2D eigenvalue weighted by molar-refractivity contribution is 6.30. The summed E-state index contributed by atoms with van der Waals surface area (Å²) in [6.45, 7) is 0. The summed E-state index contributed by atoms with van der Waals surface area (Å²) in [7, 11) is 0. The SMILES string of the molecule is O=C(Nc1cccc(Cl)c1)Oc1cccc2c1CCC2. The van der Waals surface area contributed by atoms with Crippen molar-refractivity contribution in [2.75, 3.05) is 5.32 Å². The molecule has 0 saturated carbocycles. The molecule has 0 aromatic heterocycles. The van der Waals surface area contributed by atoms with Crippen molar-refractivity contribution in [1.29, 1.82) is 0 Å². The number of hydrogen-bond donors (Lipinski definition) is 1. The summed E-state index contributed by atoms with van der Waals surface area (Å²) in [5.41, 5.74) is 3.04. The largest absolute Gasteiger partial charge is 0.417 e. The van der Waals surface area contributed by atoms with Crippen molar-refractivity contribution in [3.63, 3.8) is 0 Å². The number of anilines is 1. The minimum absolute atomic E-state index is 0.493. The van der Waals surface area contributed by atoms with Gasteiger partial charge in [-0.25, -0.2) is 4.79 Å². The second-order valence-corrected chi connectivity index (χ2v) is 5.21. The first-order valence-electron chi connectivity index (χ1n) is 6.57. The van der Waals surface area contributed by atoms with Crippen LogP contribution in [0.3, 0.4) is 0 Å². The number of benzene rings is 2. The van der Waals surface area contributed by atoms with Gasteiger partial charge in [-0.05, 0) is 54.7 Å². The maximum atomic E-state index is 11.9. The van der Waals surface area contributed by atoms with E-state index in [-0.39, 0.29) is 0 Å². The molecule has 0 bridgehead atoms. The fraction of sp³-hybridized carbons (Fsp3) is 0.188. The Hall–Kier alpha value is -2.00. The lowest BCUT2D eigenvalue weighted by Gasteiger charge is -2.10. The van der Waals surface area contributed by atoms with Gasteiger partial charge in [0.25, 0.3) is 0 Å². The summed E-state index contributed by atoms with van der Waals surface area (Å²) in [5, 5.41) is 3.25. The molecule has 0 radical (unpaired) electrons. The van der Waals surface area contributed by atoms with Crippen molar-refractivity contribution in [3.8, 4) is 5.75 Å². The summed E-state index contributed by atoms with van der Waals surface area (Å²) in [6.07, 6.45) is 2.65. The van der Waals surface area contributed by atoms with E-state index in [9.17, 15) is 4.79 Å². The number of aryl methyl sites for hydroxylation is 1. The first-order valence-corrected chi connectivity index (χ1v) is 6.95. The molecule has 0 unspecified atom stereocenters. The Kier molecular flexibility index (Phi) is 3.61. The number of ether oxygens (including phenoxy) is 1. The van der Waals surface area contributed by atoms with Crippen molar-refractivity contribution < 1.29 is 9.53 Å². The number of nitrogens with one attached hydrogen (secondary N) is 1. The molecule has 1 aliphatic carbocycles. The van der Waals surface area contributed by atoms with E-state index in [1.165, 1.54) is 5.56 Å². The van der Waals surface area contributed by atoms with Crippen LogP contribution < -0.4 is 10.1 Å². The fourth-order valence-electron chi connectivity index (χ4n) is 2.49. The topological polar surface area (TPSA) is 38.3 Å². The van der Waals surface area contributed by atoms with Gasteiger partial charge in [0, 0.05) is 10.7 Å². The lowest BCUT2D eigenvalue weighted by molar-refractivity contribution is 0.215. The molecular weight excluding hydrogens is 274 g/mol. The summed E-state index contributed by atoms with van der Waals surface area (Å²) in [5.74, 6) is 0.652. The van der Waals surface area contributed by atoms with E-state index in [4.69, 9.17) is 16.3 Å². The highest BCUT2D eigenvalue weighted by Crippen LogP contribution is 2.30. The zero-order valence-electron chi connectivity index (χ0n) is 10.9. The maximum absolute atomic E-state index is 11.9. The lowest BCUT2D eigenvalue weighted by Crippen LogP contribution is -2.17. The Morgan fingerprint density at radius 3 is 2.85 bits per heavy atom. The summed E-state index contributed by atoms with van der Waals surface area (Å²) in [6, 6.07) is 12.8. The molecule has 3 nitrogen and oxygen atoms in total. The Morgan fingerprint density at radius 2 is 2.00 bits per heavy atom. The van der Waals surface area contributed by atoms with Gasteiger partial charge >= 0.3 is 6.09 Å². The highest BCUT2D eigenvalue weighted by atomic mass is 35.5. The van der Waals surface area contributed by atoms with Crippen molar-refractivity contribution in [2.24, 2.45) is 0 Å². The number of carbonyl (C=O) groups is 1. The summed E-state index contributed by atoms with van der Waals surface area (Å²) >= 11 is 5.87. The zero-order valence-corrected chi connectivity index (χ0v) is 11.6. The molecule has 0 heterocycles. The second-order valence-electron chi connectivity index (χ2n) is 4.77. The Balaban J connectivity index is 1.72. The summed E-state index contributed by atoms with van der Waals surface area (Å²) < 4.78 is 5.41. The number of amides is 1. The number of fused-ring (bicyclic) bond motifs is 1. The number of halogens is 1. The van der Waals surface area contributed by atoms with Crippen LogP contribution in [0, 0.1) is 0 Å². The Morgan fingerprint density at radius 1 is 1.15 bits per heavy atom. The minimum atomic E-state index is -0.493. The van der Waals surface area contributed by atoms with E-state index in [1.54, 1.807) is 24.3 Å².